The Morgan fingerprint density at radius 3 is 2.33 bits per heavy atom. The molecule has 8 nitrogen and oxygen atoms in total. The number of hydrogen-bond acceptors (Lipinski definition) is 6. The SMILES string of the molecule is Cc1cccc(C)c1NC(=O)COC(=O)/C=C/c1ccc(S(=O)(=O)NCc2ccco2)cc1. The average molecular weight is 469 g/mol. The minimum absolute atomic E-state index is 0.0415. The zero-order chi connectivity index (χ0) is 23.8. The lowest BCUT2D eigenvalue weighted by molar-refractivity contribution is -0.142. The monoisotopic (exact) mass is 468 g/mol. The van der Waals surface area contributed by atoms with Crippen LogP contribution >= 0.6 is 0 Å². The van der Waals surface area contributed by atoms with E-state index in [1.54, 1.807) is 24.3 Å². The molecule has 1 heterocycles. The van der Waals surface area contributed by atoms with Gasteiger partial charge in [0.25, 0.3) is 5.91 Å². The summed E-state index contributed by atoms with van der Waals surface area (Å²) in [4.78, 5) is 24.1. The van der Waals surface area contributed by atoms with Gasteiger partial charge in [0.05, 0.1) is 17.7 Å². The topological polar surface area (TPSA) is 115 Å². The molecule has 2 N–H and O–H groups in total. The minimum Gasteiger partial charge on any atom is -0.468 e. The molecular formula is C24H24N2O6S. The molecule has 0 saturated heterocycles. The second-order valence-electron chi connectivity index (χ2n) is 7.23. The van der Waals surface area contributed by atoms with Gasteiger partial charge < -0.3 is 14.5 Å². The molecule has 0 bridgehead atoms. The van der Waals surface area contributed by atoms with Crippen LogP contribution in [0.3, 0.4) is 0 Å². The van der Waals surface area contributed by atoms with E-state index in [9.17, 15) is 18.0 Å². The highest BCUT2D eigenvalue weighted by atomic mass is 32.2. The fraction of sp³-hybridized carbons (Fsp3) is 0.167. The molecule has 33 heavy (non-hydrogen) atoms. The molecule has 0 atom stereocenters. The normalized spacial score (nSPS) is 11.5. The number of carbonyl (C=O) groups is 2. The van der Waals surface area contributed by atoms with Crippen LogP contribution in [0, 0.1) is 13.8 Å². The number of benzene rings is 2. The summed E-state index contributed by atoms with van der Waals surface area (Å²) in [5.74, 6) is -0.631. The lowest BCUT2D eigenvalue weighted by Gasteiger charge is -2.11. The third kappa shape index (κ3) is 6.90. The zero-order valence-corrected chi connectivity index (χ0v) is 19.0. The quantitative estimate of drug-likeness (QED) is 0.367. The van der Waals surface area contributed by atoms with Crippen molar-refractivity contribution < 1.29 is 27.2 Å². The number of carbonyl (C=O) groups excluding carboxylic acids is 2. The van der Waals surface area contributed by atoms with Gasteiger partial charge in [-0.25, -0.2) is 17.9 Å². The molecule has 3 rings (SSSR count). The maximum atomic E-state index is 12.3. The Bertz CT molecular complexity index is 1230. The molecule has 0 unspecified atom stereocenters. The number of furan rings is 1. The molecule has 9 heteroatoms. The maximum absolute atomic E-state index is 12.3. The summed E-state index contributed by atoms with van der Waals surface area (Å²) in [5, 5.41) is 2.74. The Morgan fingerprint density at radius 1 is 1.00 bits per heavy atom. The standard InChI is InChI=1S/C24H24N2O6S/c1-17-5-3-6-18(2)24(17)26-22(27)16-32-23(28)13-10-19-8-11-21(12-9-19)33(29,30)25-15-20-7-4-14-31-20/h3-14,25H,15-16H2,1-2H3,(H,26,27)/b13-10+. The summed E-state index contributed by atoms with van der Waals surface area (Å²) in [6.07, 6.45) is 4.11. The summed E-state index contributed by atoms with van der Waals surface area (Å²) in [6, 6.07) is 14.9. The van der Waals surface area contributed by atoms with Crippen LogP contribution in [-0.2, 0) is 30.9 Å². The van der Waals surface area contributed by atoms with Gasteiger partial charge in [0, 0.05) is 11.8 Å². The largest absolute Gasteiger partial charge is 0.468 e. The minimum atomic E-state index is -3.70. The van der Waals surface area contributed by atoms with Crippen molar-refractivity contribution in [2.75, 3.05) is 11.9 Å². The zero-order valence-electron chi connectivity index (χ0n) is 18.2. The van der Waals surface area contributed by atoms with E-state index in [0.29, 0.717) is 17.0 Å². The number of anilines is 1. The van der Waals surface area contributed by atoms with E-state index in [-0.39, 0.29) is 11.4 Å². The first-order valence-corrected chi connectivity index (χ1v) is 11.6. The van der Waals surface area contributed by atoms with Crippen LogP contribution in [-0.4, -0.2) is 26.9 Å². The van der Waals surface area contributed by atoms with Crippen LogP contribution in [0.15, 0.2) is 76.2 Å². The van der Waals surface area contributed by atoms with E-state index in [2.05, 4.69) is 10.0 Å². The molecule has 0 radical (unpaired) electrons. The summed E-state index contributed by atoms with van der Waals surface area (Å²) < 4.78 is 37.2. The van der Waals surface area contributed by atoms with E-state index in [0.717, 1.165) is 11.1 Å². The number of aryl methyl sites for hydroxylation is 2. The smallest absolute Gasteiger partial charge is 0.331 e. The summed E-state index contributed by atoms with van der Waals surface area (Å²) in [6.45, 7) is 3.38. The molecule has 0 aliphatic carbocycles. The summed E-state index contributed by atoms with van der Waals surface area (Å²) >= 11 is 0. The summed E-state index contributed by atoms with van der Waals surface area (Å²) in [5.41, 5.74) is 3.12. The fourth-order valence-electron chi connectivity index (χ4n) is 2.96. The van der Waals surface area contributed by atoms with Crippen molar-refractivity contribution in [2.45, 2.75) is 25.3 Å². The Kier molecular flexibility index (Phi) is 7.81. The first-order valence-electron chi connectivity index (χ1n) is 10.1. The second-order valence-corrected chi connectivity index (χ2v) is 9.00. The van der Waals surface area contributed by atoms with Crippen molar-refractivity contribution in [2.24, 2.45) is 0 Å². The predicted octanol–water partition coefficient (Wildman–Crippen LogP) is 3.57. The maximum Gasteiger partial charge on any atom is 0.331 e. The molecule has 0 aliphatic rings. The van der Waals surface area contributed by atoms with Gasteiger partial charge in [-0.3, -0.25) is 4.79 Å². The van der Waals surface area contributed by atoms with Gasteiger partial charge in [-0.15, -0.1) is 0 Å². The highest BCUT2D eigenvalue weighted by Crippen LogP contribution is 2.19. The van der Waals surface area contributed by atoms with Crippen molar-refractivity contribution in [3.8, 4) is 0 Å². The molecule has 2 aromatic carbocycles. The fourth-order valence-corrected chi connectivity index (χ4v) is 3.95. The lowest BCUT2D eigenvalue weighted by atomic mass is 10.1. The second kappa shape index (κ2) is 10.8. The van der Waals surface area contributed by atoms with Gasteiger partial charge in [-0.1, -0.05) is 30.3 Å². The molecule has 1 aromatic heterocycles. The molecule has 0 aliphatic heterocycles. The number of hydrogen-bond donors (Lipinski definition) is 2. The molecule has 3 aromatic rings. The highest BCUT2D eigenvalue weighted by Gasteiger charge is 2.14. The summed E-state index contributed by atoms with van der Waals surface area (Å²) in [7, 11) is -3.70. The van der Waals surface area contributed by atoms with Gasteiger partial charge in [0.2, 0.25) is 10.0 Å². The molecular weight excluding hydrogens is 444 g/mol. The molecule has 1 amide bonds. The van der Waals surface area contributed by atoms with Gasteiger partial charge in [0.1, 0.15) is 5.76 Å². The number of para-hydroxylation sites is 1. The molecule has 0 fully saturated rings. The van der Waals surface area contributed by atoms with Crippen LogP contribution in [0.25, 0.3) is 6.08 Å². The number of rotatable bonds is 9. The van der Waals surface area contributed by atoms with E-state index < -0.39 is 28.5 Å². The lowest BCUT2D eigenvalue weighted by Crippen LogP contribution is -2.22. The molecule has 0 spiro atoms. The van der Waals surface area contributed by atoms with Crippen LogP contribution in [0.1, 0.15) is 22.5 Å². The van der Waals surface area contributed by atoms with Crippen LogP contribution in [0.4, 0.5) is 5.69 Å². The third-order valence-corrected chi connectivity index (χ3v) is 6.13. The van der Waals surface area contributed by atoms with Gasteiger partial charge in [-0.2, -0.15) is 0 Å². The van der Waals surface area contributed by atoms with Crippen molar-refractivity contribution >= 4 is 33.7 Å². The Morgan fingerprint density at radius 2 is 1.70 bits per heavy atom. The van der Waals surface area contributed by atoms with Crippen LogP contribution < -0.4 is 10.0 Å². The Labute approximate surface area is 192 Å². The van der Waals surface area contributed by atoms with Gasteiger partial charge >= 0.3 is 5.97 Å². The van der Waals surface area contributed by atoms with E-state index >= 15 is 0 Å². The van der Waals surface area contributed by atoms with Crippen LogP contribution in [0.5, 0.6) is 0 Å². The van der Waals surface area contributed by atoms with E-state index in [4.69, 9.17) is 9.15 Å². The third-order valence-electron chi connectivity index (χ3n) is 4.71. The number of sulfonamides is 1. The first-order chi connectivity index (χ1) is 15.7. The van der Waals surface area contributed by atoms with Crippen molar-refractivity contribution in [3.63, 3.8) is 0 Å². The average Bonchev–Trinajstić information content (AvgIpc) is 3.32. The van der Waals surface area contributed by atoms with E-state index in [1.165, 1.54) is 30.5 Å². The van der Waals surface area contributed by atoms with Crippen LogP contribution in [0.2, 0.25) is 0 Å². The van der Waals surface area contributed by atoms with Crippen molar-refractivity contribution in [3.05, 3.63) is 89.4 Å². The Balaban J connectivity index is 1.50. The molecule has 0 saturated carbocycles. The number of esters is 1. The van der Waals surface area contributed by atoms with Crippen molar-refractivity contribution in [1.29, 1.82) is 0 Å². The van der Waals surface area contributed by atoms with E-state index in [1.807, 2.05) is 32.0 Å². The van der Waals surface area contributed by atoms with Crippen molar-refractivity contribution in [1.82, 2.24) is 4.72 Å². The van der Waals surface area contributed by atoms with Gasteiger partial charge in [0.15, 0.2) is 6.61 Å². The van der Waals surface area contributed by atoms with Gasteiger partial charge in [-0.05, 0) is 60.9 Å². The predicted molar refractivity (Wildman–Crippen MR) is 124 cm³/mol. The number of nitrogens with one attached hydrogen (secondary N) is 2. The highest BCUT2D eigenvalue weighted by molar-refractivity contribution is 7.89. The number of amides is 1. The number of ether oxygens (including phenoxy) is 1. The Hall–Kier alpha value is -3.69. The molecule has 172 valence electrons. The first kappa shape index (κ1) is 24.0.